The second-order valence-electron chi connectivity index (χ2n) is 8.16. The predicted octanol–water partition coefficient (Wildman–Crippen LogP) is 3.05. The molecule has 11 heteroatoms. The predicted molar refractivity (Wildman–Crippen MR) is 113 cm³/mol. The molecule has 1 atom stereocenters. The van der Waals surface area contributed by atoms with Crippen LogP contribution < -0.4 is 5.56 Å². The van der Waals surface area contributed by atoms with Gasteiger partial charge in [-0.25, -0.2) is 9.97 Å². The fourth-order valence-corrected chi connectivity index (χ4v) is 3.66. The fourth-order valence-electron chi connectivity index (χ4n) is 3.66. The van der Waals surface area contributed by atoms with Crippen molar-refractivity contribution in [3.8, 4) is 22.5 Å². The molecule has 33 heavy (non-hydrogen) atoms. The molecule has 8 nitrogen and oxygen atoms in total. The van der Waals surface area contributed by atoms with E-state index in [1.807, 2.05) is 12.1 Å². The summed E-state index contributed by atoms with van der Waals surface area (Å²) < 4.78 is 40.8. The van der Waals surface area contributed by atoms with E-state index in [2.05, 4.69) is 20.1 Å². The van der Waals surface area contributed by atoms with Gasteiger partial charge in [0.1, 0.15) is 11.2 Å². The van der Waals surface area contributed by atoms with Crippen molar-refractivity contribution in [3.05, 3.63) is 59.2 Å². The van der Waals surface area contributed by atoms with Crippen LogP contribution in [0.25, 0.3) is 33.4 Å². The monoisotopic (exact) mass is 456 g/mol. The molecule has 0 aromatic carbocycles. The van der Waals surface area contributed by atoms with Gasteiger partial charge >= 0.3 is 6.18 Å². The molecule has 0 amide bonds. The summed E-state index contributed by atoms with van der Waals surface area (Å²) in [6, 6.07) is 5.28. The molecule has 4 aromatic rings. The van der Waals surface area contributed by atoms with Gasteiger partial charge in [0.15, 0.2) is 6.10 Å². The lowest BCUT2D eigenvalue weighted by atomic mass is 10.1. The van der Waals surface area contributed by atoms with Crippen molar-refractivity contribution < 1.29 is 18.3 Å². The molecule has 1 aliphatic rings. The molecule has 1 fully saturated rings. The maximum Gasteiger partial charge on any atom is 0.416 e. The molecule has 0 radical (unpaired) electrons. The Morgan fingerprint density at radius 2 is 1.97 bits per heavy atom. The van der Waals surface area contributed by atoms with Crippen molar-refractivity contribution in [2.24, 2.45) is 7.05 Å². The van der Waals surface area contributed by atoms with Crippen LogP contribution in [0.5, 0.6) is 0 Å². The number of alkyl halides is 3. The van der Waals surface area contributed by atoms with Crippen molar-refractivity contribution >= 4 is 10.9 Å². The number of hydrogen-bond donors (Lipinski definition) is 1. The number of aliphatic hydroxyl groups is 1. The van der Waals surface area contributed by atoms with Crippen LogP contribution in [0.15, 0.2) is 47.9 Å². The normalized spacial score (nSPS) is 15.2. The third-order valence-corrected chi connectivity index (χ3v) is 5.61. The Morgan fingerprint density at radius 3 is 2.58 bits per heavy atom. The average Bonchev–Trinajstić information content (AvgIpc) is 3.55. The Morgan fingerprint density at radius 1 is 1.18 bits per heavy atom. The zero-order valence-electron chi connectivity index (χ0n) is 17.5. The zero-order chi connectivity index (χ0) is 23.3. The van der Waals surface area contributed by atoms with E-state index < -0.39 is 24.4 Å². The molecule has 4 heterocycles. The number of pyridine rings is 2. The Kier molecular flexibility index (Phi) is 5.00. The lowest BCUT2D eigenvalue weighted by molar-refractivity contribution is -0.207. The minimum Gasteiger partial charge on any atom is -0.382 e. The summed E-state index contributed by atoms with van der Waals surface area (Å²) in [6.45, 7) is -0.956. The molecular weight excluding hydrogens is 437 g/mol. The van der Waals surface area contributed by atoms with E-state index in [-0.39, 0.29) is 10.9 Å². The highest BCUT2D eigenvalue weighted by Gasteiger charge is 2.38. The highest BCUT2D eigenvalue weighted by atomic mass is 19.4. The van der Waals surface area contributed by atoms with E-state index in [0.29, 0.717) is 28.4 Å². The van der Waals surface area contributed by atoms with Crippen molar-refractivity contribution in [2.75, 3.05) is 0 Å². The van der Waals surface area contributed by atoms with Gasteiger partial charge in [-0.3, -0.25) is 19.0 Å². The highest BCUT2D eigenvalue weighted by Crippen LogP contribution is 2.39. The number of aryl methyl sites for hydroxylation is 1. The van der Waals surface area contributed by atoms with Gasteiger partial charge in [0.2, 0.25) is 0 Å². The van der Waals surface area contributed by atoms with Crippen LogP contribution in [0.2, 0.25) is 0 Å². The minimum absolute atomic E-state index is 0.0852. The van der Waals surface area contributed by atoms with E-state index in [1.54, 1.807) is 30.3 Å². The summed E-state index contributed by atoms with van der Waals surface area (Å²) in [7, 11) is 1.73. The lowest BCUT2D eigenvalue weighted by Crippen LogP contribution is -2.36. The first-order valence-corrected chi connectivity index (χ1v) is 10.3. The van der Waals surface area contributed by atoms with Gasteiger partial charge in [0.05, 0.1) is 30.1 Å². The zero-order valence-corrected chi connectivity index (χ0v) is 17.5. The molecule has 0 bridgehead atoms. The van der Waals surface area contributed by atoms with E-state index in [0.717, 1.165) is 29.4 Å². The first kappa shape index (κ1) is 21.3. The minimum atomic E-state index is -4.85. The van der Waals surface area contributed by atoms with E-state index in [4.69, 9.17) is 0 Å². The van der Waals surface area contributed by atoms with E-state index in [9.17, 15) is 23.1 Å². The Labute approximate surface area is 185 Å². The number of hydrogen-bond acceptors (Lipinski definition) is 6. The van der Waals surface area contributed by atoms with Crippen molar-refractivity contribution in [1.29, 1.82) is 0 Å². The molecule has 1 N–H and O–H groups in total. The average molecular weight is 456 g/mol. The molecule has 0 aliphatic heterocycles. The van der Waals surface area contributed by atoms with Gasteiger partial charge in [0.25, 0.3) is 5.56 Å². The van der Waals surface area contributed by atoms with Crippen LogP contribution in [0.4, 0.5) is 13.2 Å². The number of fused-ring (bicyclic) bond motifs is 1. The van der Waals surface area contributed by atoms with Crippen LogP contribution in [0.1, 0.15) is 24.5 Å². The van der Waals surface area contributed by atoms with Crippen molar-refractivity contribution in [3.63, 3.8) is 0 Å². The van der Waals surface area contributed by atoms with E-state index >= 15 is 0 Å². The first-order chi connectivity index (χ1) is 15.7. The molecule has 0 spiro atoms. The number of rotatable bonds is 5. The summed E-state index contributed by atoms with van der Waals surface area (Å²) in [4.78, 5) is 26.5. The number of aromatic nitrogens is 6. The summed E-state index contributed by atoms with van der Waals surface area (Å²) in [5.41, 5.74) is 2.60. The second-order valence-corrected chi connectivity index (χ2v) is 8.16. The molecule has 4 aromatic heterocycles. The van der Waals surface area contributed by atoms with Crippen LogP contribution in [0, 0.1) is 0 Å². The lowest BCUT2D eigenvalue weighted by Gasteiger charge is -2.16. The van der Waals surface area contributed by atoms with Crippen LogP contribution >= 0.6 is 0 Å². The summed E-state index contributed by atoms with van der Waals surface area (Å²) >= 11 is 0. The van der Waals surface area contributed by atoms with Gasteiger partial charge in [-0.1, -0.05) is 0 Å². The third kappa shape index (κ3) is 4.11. The Balaban J connectivity index is 1.67. The quantitative estimate of drug-likeness (QED) is 0.496. The molecule has 0 saturated heterocycles. The van der Waals surface area contributed by atoms with Crippen LogP contribution in [-0.2, 0) is 13.6 Å². The number of halogens is 3. The molecule has 170 valence electrons. The fraction of sp³-hybridized carbons (Fsp3) is 0.318. The van der Waals surface area contributed by atoms with Gasteiger partial charge < -0.3 is 5.11 Å². The Bertz CT molecular complexity index is 1390. The topological polar surface area (TPSA) is 98.7 Å². The van der Waals surface area contributed by atoms with Gasteiger partial charge in [-0.15, -0.1) is 0 Å². The highest BCUT2D eigenvalue weighted by molar-refractivity contribution is 5.93. The molecule has 1 unspecified atom stereocenters. The maximum absolute atomic E-state index is 13.1. The molecule has 5 rings (SSSR count). The maximum atomic E-state index is 13.1. The van der Waals surface area contributed by atoms with Gasteiger partial charge in [-0.05, 0) is 31.0 Å². The smallest absolute Gasteiger partial charge is 0.382 e. The first-order valence-electron chi connectivity index (χ1n) is 10.3. The van der Waals surface area contributed by atoms with Crippen LogP contribution in [0.3, 0.4) is 0 Å². The summed E-state index contributed by atoms with van der Waals surface area (Å²) in [6.07, 6.45) is 0.632. The molecule has 1 saturated carbocycles. The van der Waals surface area contributed by atoms with Crippen molar-refractivity contribution in [1.82, 2.24) is 29.3 Å². The van der Waals surface area contributed by atoms with Gasteiger partial charge in [-0.2, -0.15) is 18.3 Å². The Hall–Kier alpha value is -3.60. The summed E-state index contributed by atoms with van der Waals surface area (Å²) in [5, 5.41) is 13.7. The third-order valence-electron chi connectivity index (χ3n) is 5.61. The van der Waals surface area contributed by atoms with E-state index in [1.165, 1.54) is 6.07 Å². The number of nitrogens with zero attached hydrogens (tertiary/aromatic N) is 6. The number of aliphatic hydroxyl groups excluding tert-OH is 1. The van der Waals surface area contributed by atoms with Crippen molar-refractivity contribution in [2.45, 2.75) is 37.6 Å². The summed E-state index contributed by atoms with van der Waals surface area (Å²) in [5.74, 6) is 0.478. The molecule has 1 aliphatic carbocycles. The largest absolute Gasteiger partial charge is 0.416 e. The second kappa shape index (κ2) is 7.77. The van der Waals surface area contributed by atoms with Crippen LogP contribution in [-0.4, -0.2) is 46.7 Å². The standard InChI is InChI=1S/C22H19F3N6O2/c1-30-9-14(8-28-30)19-20-15(21(33)31(11-27-20)10-18(32)22(23,24)25)6-17(29-19)13-4-5-16(26-7-13)12-2-3-12/h4-9,11-12,18,32H,2-3,10H2,1H3. The van der Waals surface area contributed by atoms with Gasteiger partial charge in [0, 0.05) is 42.2 Å². The SMILES string of the molecule is Cn1cc(-c2nc(-c3ccc(C4CC4)nc3)cc3c(=O)n(CC(O)C(F)(F)F)cnc23)cn1. The molecular formula is C22H19F3N6O2.